The number of halogens is 1. The molecule has 0 aromatic heterocycles. The molecule has 1 unspecified atom stereocenters. The number of carbonyl (C=O) groups is 1. The lowest BCUT2D eigenvalue weighted by atomic mass is 9.94. The molecule has 1 amide bonds. The van der Waals surface area contributed by atoms with Crippen molar-refractivity contribution in [1.82, 2.24) is 5.32 Å². The Kier molecular flexibility index (Phi) is 3.70. The maximum absolute atomic E-state index is 12.0. The summed E-state index contributed by atoms with van der Waals surface area (Å²) in [4.78, 5) is 12.0. The predicted molar refractivity (Wildman–Crippen MR) is 84.1 cm³/mol. The van der Waals surface area contributed by atoms with Crippen molar-refractivity contribution in [3.63, 3.8) is 0 Å². The minimum absolute atomic E-state index is 0.314. The average Bonchev–Trinajstić information content (AvgIpc) is 2.85. The van der Waals surface area contributed by atoms with Crippen molar-refractivity contribution in [2.24, 2.45) is 5.73 Å². The van der Waals surface area contributed by atoms with E-state index in [9.17, 15) is 4.79 Å². The van der Waals surface area contributed by atoms with Gasteiger partial charge in [-0.25, -0.2) is 0 Å². The number of hydrogen-bond acceptors (Lipinski definition) is 2. The first-order valence-electron chi connectivity index (χ1n) is 6.95. The van der Waals surface area contributed by atoms with Gasteiger partial charge >= 0.3 is 0 Å². The summed E-state index contributed by atoms with van der Waals surface area (Å²) in [5.41, 5.74) is 8.33. The second kappa shape index (κ2) is 5.51. The second-order valence-electron chi connectivity index (χ2n) is 5.55. The molecule has 0 heterocycles. The lowest BCUT2D eigenvalue weighted by Gasteiger charge is -2.27. The maximum atomic E-state index is 12.0. The van der Waals surface area contributed by atoms with Crippen LogP contribution in [0.5, 0.6) is 0 Å². The highest BCUT2D eigenvalue weighted by atomic mass is 35.5. The van der Waals surface area contributed by atoms with Gasteiger partial charge < -0.3 is 5.73 Å². The van der Waals surface area contributed by atoms with Crippen molar-refractivity contribution in [1.29, 1.82) is 0 Å². The van der Waals surface area contributed by atoms with E-state index >= 15 is 0 Å². The minimum Gasteiger partial charge on any atom is -0.368 e. The lowest BCUT2D eigenvalue weighted by Crippen LogP contribution is -2.56. The molecule has 2 aromatic carbocycles. The number of rotatable bonds is 4. The van der Waals surface area contributed by atoms with Crippen molar-refractivity contribution in [3.05, 3.63) is 70.2 Å². The number of nitrogens with two attached hydrogens (primary N) is 1. The van der Waals surface area contributed by atoms with Crippen molar-refractivity contribution >= 4 is 17.5 Å². The van der Waals surface area contributed by atoms with Crippen LogP contribution in [0.15, 0.2) is 48.5 Å². The highest BCUT2D eigenvalue weighted by Crippen LogP contribution is 2.32. The first-order chi connectivity index (χ1) is 10.1. The Bertz CT molecular complexity index is 672. The molecular formula is C17H17ClN2O. The van der Waals surface area contributed by atoms with Gasteiger partial charge in [0.05, 0.1) is 0 Å². The highest BCUT2D eigenvalue weighted by molar-refractivity contribution is 6.30. The van der Waals surface area contributed by atoms with Gasteiger partial charge in [0.1, 0.15) is 5.54 Å². The summed E-state index contributed by atoms with van der Waals surface area (Å²) in [6.07, 6.45) is 1.20. The molecule has 0 fully saturated rings. The van der Waals surface area contributed by atoms with Crippen LogP contribution in [0, 0.1) is 0 Å². The molecule has 21 heavy (non-hydrogen) atoms. The number of carbonyl (C=O) groups excluding carboxylic acids is 1. The zero-order valence-electron chi connectivity index (χ0n) is 11.6. The third-order valence-electron chi connectivity index (χ3n) is 4.10. The van der Waals surface area contributed by atoms with Crippen LogP contribution in [-0.2, 0) is 24.2 Å². The zero-order valence-corrected chi connectivity index (χ0v) is 12.4. The first kappa shape index (κ1) is 14.1. The van der Waals surface area contributed by atoms with Gasteiger partial charge in [0.15, 0.2) is 0 Å². The third kappa shape index (κ3) is 2.80. The van der Waals surface area contributed by atoms with Crippen molar-refractivity contribution < 1.29 is 4.79 Å². The van der Waals surface area contributed by atoms with Gasteiger partial charge in [0.2, 0.25) is 5.91 Å². The van der Waals surface area contributed by atoms with Crippen molar-refractivity contribution in [3.8, 4) is 0 Å². The predicted octanol–water partition coefficient (Wildman–Crippen LogP) is 2.45. The fraction of sp³-hybridized carbons (Fsp3) is 0.235. The van der Waals surface area contributed by atoms with Crippen LogP contribution in [0.2, 0.25) is 5.02 Å². The molecule has 0 saturated heterocycles. The van der Waals surface area contributed by atoms with Gasteiger partial charge in [0, 0.05) is 24.4 Å². The van der Waals surface area contributed by atoms with Crippen LogP contribution in [0.1, 0.15) is 16.7 Å². The molecule has 0 aliphatic heterocycles. The monoisotopic (exact) mass is 300 g/mol. The van der Waals surface area contributed by atoms with E-state index in [1.54, 1.807) is 0 Å². The first-order valence-corrected chi connectivity index (χ1v) is 7.33. The van der Waals surface area contributed by atoms with Crippen LogP contribution >= 0.6 is 11.6 Å². The molecule has 0 radical (unpaired) electrons. The van der Waals surface area contributed by atoms with Gasteiger partial charge in [-0.2, -0.15) is 0 Å². The van der Waals surface area contributed by atoms with Crippen LogP contribution < -0.4 is 11.1 Å². The molecule has 0 saturated carbocycles. The number of nitrogens with one attached hydrogen (secondary N) is 1. The molecule has 1 aliphatic carbocycles. The lowest BCUT2D eigenvalue weighted by molar-refractivity contribution is -0.124. The average molecular weight is 301 g/mol. The van der Waals surface area contributed by atoms with E-state index < -0.39 is 5.54 Å². The van der Waals surface area contributed by atoms with Gasteiger partial charge in [-0.05, 0) is 28.8 Å². The summed E-state index contributed by atoms with van der Waals surface area (Å²) < 4.78 is 0. The van der Waals surface area contributed by atoms with Gasteiger partial charge in [0.25, 0.3) is 0 Å². The minimum atomic E-state index is -0.719. The largest absolute Gasteiger partial charge is 0.368 e. The van der Waals surface area contributed by atoms with E-state index in [1.807, 2.05) is 48.5 Å². The number of amides is 1. The Morgan fingerprint density at radius 1 is 1.14 bits per heavy atom. The molecule has 0 bridgehead atoms. The molecule has 1 aliphatic rings. The SMILES string of the molecule is NC(=O)C1(NCc2ccccc2)Cc2ccc(Cl)cc2C1. The van der Waals surface area contributed by atoms with Crippen molar-refractivity contribution in [2.45, 2.75) is 24.9 Å². The Labute approximate surface area is 129 Å². The van der Waals surface area contributed by atoms with Crippen molar-refractivity contribution in [2.75, 3.05) is 0 Å². The molecule has 1 atom stereocenters. The topological polar surface area (TPSA) is 55.1 Å². The summed E-state index contributed by atoms with van der Waals surface area (Å²) >= 11 is 6.03. The summed E-state index contributed by atoms with van der Waals surface area (Å²) in [5, 5.41) is 4.05. The number of primary amides is 1. The van der Waals surface area contributed by atoms with E-state index in [0.29, 0.717) is 24.4 Å². The molecule has 3 N–H and O–H groups in total. The number of benzene rings is 2. The second-order valence-corrected chi connectivity index (χ2v) is 5.99. The van der Waals surface area contributed by atoms with E-state index in [1.165, 1.54) is 0 Å². The maximum Gasteiger partial charge on any atom is 0.238 e. The molecular weight excluding hydrogens is 284 g/mol. The standard InChI is InChI=1S/C17H17ClN2O/c18-15-7-6-13-9-17(16(19)21,10-14(13)8-15)20-11-12-4-2-1-3-5-12/h1-8,20H,9-11H2,(H2,19,21). The fourth-order valence-electron chi connectivity index (χ4n) is 2.90. The Morgan fingerprint density at radius 2 is 1.86 bits per heavy atom. The quantitative estimate of drug-likeness (QED) is 0.911. The Balaban J connectivity index is 1.81. The van der Waals surface area contributed by atoms with E-state index in [2.05, 4.69) is 5.32 Å². The highest BCUT2D eigenvalue weighted by Gasteiger charge is 2.42. The fourth-order valence-corrected chi connectivity index (χ4v) is 3.09. The summed E-state index contributed by atoms with van der Waals surface area (Å²) in [7, 11) is 0. The molecule has 3 rings (SSSR count). The summed E-state index contributed by atoms with van der Waals surface area (Å²) in [5.74, 6) is -0.314. The Morgan fingerprint density at radius 3 is 2.57 bits per heavy atom. The van der Waals surface area contributed by atoms with Gasteiger partial charge in [-0.15, -0.1) is 0 Å². The molecule has 108 valence electrons. The Hall–Kier alpha value is -1.84. The summed E-state index contributed by atoms with van der Waals surface area (Å²) in [6, 6.07) is 15.8. The smallest absolute Gasteiger partial charge is 0.238 e. The van der Waals surface area contributed by atoms with E-state index in [-0.39, 0.29) is 5.91 Å². The van der Waals surface area contributed by atoms with E-state index in [0.717, 1.165) is 16.7 Å². The van der Waals surface area contributed by atoms with Crippen LogP contribution in [0.25, 0.3) is 0 Å². The van der Waals surface area contributed by atoms with Gasteiger partial charge in [-0.1, -0.05) is 48.0 Å². The number of hydrogen-bond donors (Lipinski definition) is 2. The molecule has 2 aromatic rings. The third-order valence-corrected chi connectivity index (χ3v) is 4.33. The zero-order chi connectivity index (χ0) is 14.9. The number of fused-ring (bicyclic) bond motifs is 1. The van der Waals surface area contributed by atoms with Crippen LogP contribution in [0.3, 0.4) is 0 Å². The summed E-state index contributed by atoms with van der Waals surface area (Å²) in [6.45, 7) is 0.617. The molecule has 0 spiro atoms. The van der Waals surface area contributed by atoms with Crippen LogP contribution in [-0.4, -0.2) is 11.4 Å². The van der Waals surface area contributed by atoms with E-state index in [4.69, 9.17) is 17.3 Å². The molecule has 3 nitrogen and oxygen atoms in total. The normalized spacial score (nSPS) is 20.2. The van der Waals surface area contributed by atoms with Gasteiger partial charge in [-0.3, -0.25) is 10.1 Å². The molecule has 4 heteroatoms. The van der Waals surface area contributed by atoms with Crippen LogP contribution in [0.4, 0.5) is 0 Å².